The van der Waals surface area contributed by atoms with Crippen molar-refractivity contribution >= 4 is 11.8 Å². The van der Waals surface area contributed by atoms with Gasteiger partial charge in [0, 0.05) is 0 Å². The maximum absolute atomic E-state index is 5.61. The second-order valence-corrected chi connectivity index (χ2v) is 5.25. The van der Waals surface area contributed by atoms with Crippen LogP contribution < -0.4 is 0 Å². The molecule has 2 rings (SSSR count). The van der Waals surface area contributed by atoms with Gasteiger partial charge in [0.25, 0.3) is 0 Å². The van der Waals surface area contributed by atoms with Gasteiger partial charge in [0.05, 0.1) is 13.1 Å². The third kappa shape index (κ3) is 4.51. The number of ether oxygens (including phenoxy) is 2. The summed E-state index contributed by atoms with van der Waals surface area (Å²) in [6.45, 7) is 5.26. The lowest BCUT2D eigenvalue weighted by Gasteiger charge is -2.16. The molecule has 4 heteroatoms. The van der Waals surface area contributed by atoms with Gasteiger partial charge in [-0.3, -0.25) is 9.98 Å². The molecule has 0 amide bonds. The molecular formula is C15H26N2O2. The van der Waals surface area contributed by atoms with Gasteiger partial charge in [-0.15, -0.1) is 0 Å². The summed E-state index contributed by atoms with van der Waals surface area (Å²) in [5, 5.41) is 0. The Morgan fingerprint density at radius 1 is 0.895 bits per heavy atom. The van der Waals surface area contributed by atoms with Crippen LogP contribution in [0.3, 0.4) is 0 Å². The van der Waals surface area contributed by atoms with E-state index < -0.39 is 0 Å². The number of hydrogen-bond acceptors (Lipinski definition) is 4. The number of unbranched alkanes of at least 4 members (excludes halogenated alkanes) is 5. The van der Waals surface area contributed by atoms with E-state index in [9.17, 15) is 0 Å². The van der Waals surface area contributed by atoms with Gasteiger partial charge in [-0.2, -0.15) is 0 Å². The normalized spacial score (nSPS) is 18.2. The smallest absolute Gasteiger partial charge is 0.196 e. The van der Waals surface area contributed by atoms with Crippen LogP contribution in [-0.2, 0) is 9.47 Å². The van der Waals surface area contributed by atoms with Crippen LogP contribution in [0.4, 0.5) is 0 Å². The molecule has 0 N–H and O–H groups in total. The molecule has 0 spiro atoms. The Labute approximate surface area is 116 Å². The Morgan fingerprint density at radius 3 is 2.00 bits per heavy atom. The van der Waals surface area contributed by atoms with E-state index in [2.05, 4.69) is 16.9 Å². The largest absolute Gasteiger partial charge is 0.478 e. The summed E-state index contributed by atoms with van der Waals surface area (Å²) in [5.74, 6) is 1.89. The zero-order chi connectivity index (χ0) is 13.3. The predicted octanol–water partition coefficient (Wildman–Crippen LogP) is 3.21. The molecule has 0 aromatic heterocycles. The summed E-state index contributed by atoms with van der Waals surface area (Å²) < 4.78 is 11.2. The van der Waals surface area contributed by atoms with E-state index in [4.69, 9.17) is 9.47 Å². The standard InChI is InChI=1S/C15H26N2O2/c1-2-3-4-5-6-7-8-13(14-16-9-11-18-14)15-17-10-12-19-15/h13H,2-12H2,1H3. The Bertz CT molecular complexity index is 302. The van der Waals surface area contributed by atoms with Gasteiger partial charge < -0.3 is 9.47 Å². The first-order valence-corrected chi connectivity index (χ1v) is 7.76. The average molecular weight is 266 g/mol. The minimum atomic E-state index is 0.177. The number of aliphatic imine (C=N–C) groups is 2. The summed E-state index contributed by atoms with van der Waals surface area (Å²) in [5.41, 5.74) is 0. The Hall–Kier alpha value is -1.06. The van der Waals surface area contributed by atoms with Gasteiger partial charge in [-0.1, -0.05) is 45.4 Å². The topological polar surface area (TPSA) is 43.2 Å². The maximum atomic E-state index is 5.61. The molecule has 0 aliphatic carbocycles. The van der Waals surface area contributed by atoms with E-state index in [1.165, 1.54) is 38.5 Å². The first-order valence-electron chi connectivity index (χ1n) is 7.76. The predicted molar refractivity (Wildman–Crippen MR) is 78.0 cm³/mol. The third-order valence-corrected chi connectivity index (χ3v) is 3.66. The molecule has 0 atom stereocenters. The third-order valence-electron chi connectivity index (χ3n) is 3.66. The van der Waals surface area contributed by atoms with Crippen molar-refractivity contribution in [3.8, 4) is 0 Å². The van der Waals surface area contributed by atoms with Crippen molar-refractivity contribution in [2.24, 2.45) is 15.9 Å². The molecule has 2 aliphatic heterocycles. The van der Waals surface area contributed by atoms with Crippen LogP contribution in [0.15, 0.2) is 9.98 Å². The highest BCUT2D eigenvalue weighted by atomic mass is 16.5. The van der Waals surface area contributed by atoms with Crippen molar-refractivity contribution in [1.82, 2.24) is 0 Å². The van der Waals surface area contributed by atoms with Crippen LogP contribution in [0.25, 0.3) is 0 Å². The maximum Gasteiger partial charge on any atom is 0.196 e. The number of rotatable bonds is 9. The van der Waals surface area contributed by atoms with Gasteiger partial charge in [-0.05, 0) is 6.42 Å². The highest BCUT2D eigenvalue weighted by molar-refractivity contribution is 6.01. The fraction of sp³-hybridized carbons (Fsp3) is 0.867. The molecule has 0 aromatic carbocycles. The monoisotopic (exact) mass is 266 g/mol. The highest BCUT2D eigenvalue weighted by Gasteiger charge is 2.28. The van der Waals surface area contributed by atoms with Crippen molar-refractivity contribution in [1.29, 1.82) is 0 Å². The fourth-order valence-corrected chi connectivity index (χ4v) is 2.61. The number of hydrogen-bond donors (Lipinski definition) is 0. The SMILES string of the molecule is CCCCCCCCC(C1=NCCO1)C1=NCCO1. The van der Waals surface area contributed by atoms with Gasteiger partial charge >= 0.3 is 0 Å². The molecule has 0 bridgehead atoms. The lowest BCUT2D eigenvalue weighted by Crippen LogP contribution is -2.25. The second-order valence-electron chi connectivity index (χ2n) is 5.25. The summed E-state index contributed by atoms with van der Waals surface area (Å²) >= 11 is 0. The van der Waals surface area contributed by atoms with Crippen molar-refractivity contribution in [2.45, 2.75) is 51.9 Å². The zero-order valence-electron chi connectivity index (χ0n) is 12.1. The molecule has 0 saturated carbocycles. The Balaban J connectivity index is 1.74. The number of nitrogens with zero attached hydrogens (tertiary/aromatic N) is 2. The highest BCUT2D eigenvalue weighted by Crippen LogP contribution is 2.20. The first-order chi connectivity index (χ1) is 9.42. The lowest BCUT2D eigenvalue weighted by atomic mass is 9.99. The molecule has 2 aliphatic rings. The van der Waals surface area contributed by atoms with Gasteiger partial charge in [-0.25, -0.2) is 0 Å². The Kier molecular flexibility index (Phi) is 6.18. The van der Waals surface area contributed by atoms with E-state index in [1.807, 2.05) is 0 Å². The summed E-state index contributed by atoms with van der Waals surface area (Å²) in [6, 6.07) is 0. The molecule has 4 nitrogen and oxygen atoms in total. The van der Waals surface area contributed by atoms with Gasteiger partial charge in [0.1, 0.15) is 19.1 Å². The van der Waals surface area contributed by atoms with Crippen LogP contribution in [0.2, 0.25) is 0 Å². The Morgan fingerprint density at radius 2 is 1.47 bits per heavy atom. The van der Waals surface area contributed by atoms with Crippen molar-refractivity contribution < 1.29 is 9.47 Å². The van der Waals surface area contributed by atoms with Crippen LogP contribution in [-0.4, -0.2) is 38.1 Å². The fourth-order valence-electron chi connectivity index (χ4n) is 2.61. The quantitative estimate of drug-likeness (QED) is 0.601. The zero-order valence-corrected chi connectivity index (χ0v) is 12.1. The van der Waals surface area contributed by atoms with Gasteiger partial charge in [0.15, 0.2) is 11.8 Å². The van der Waals surface area contributed by atoms with E-state index in [1.54, 1.807) is 0 Å². The first kappa shape index (κ1) is 14.4. The van der Waals surface area contributed by atoms with E-state index >= 15 is 0 Å². The summed E-state index contributed by atoms with van der Waals surface area (Å²) in [6.07, 6.45) is 8.91. The van der Waals surface area contributed by atoms with Crippen LogP contribution >= 0.6 is 0 Å². The minimum absolute atomic E-state index is 0.177. The van der Waals surface area contributed by atoms with Crippen molar-refractivity contribution in [3.05, 3.63) is 0 Å². The minimum Gasteiger partial charge on any atom is -0.478 e. The van der Waals surface area contributed by atoms with Crippen molar-refractivity contribution in [3.63, 3.8) is 0 Å². The molecule has 2 heterocycles. The van der Waals surface area contributed by atoms with Crippen molar-refractivity contribution in [2.75, 3.05) is 26.3 Å². The van der Waals surface area contributed by atoms with Crippen LogP contribution in [0.1, 0.15) is 51.9 Å². The molecular weight excluding hydrogens is 240 g/mol. The van der Waals surface area contributed by atoms with Crippen LogP contribution in [0, 0.1) is 5.92 Å². The van der Waals surface area contributed by atoms with E-state index in [0.717, 1.165) is 44.5 Å². The average Bonchev–Trinajstić information content (AvgIpc) is 3.11. The molecule has 0 saturated heterocycles. The summed E-state index contributed by atoms with van der Waals surface area (Å²) in [7, 11) is 0. The van der Waals surface area contributed by atoms with Crippen LogP contribution in [0.5, 0.6) is 0 Å². The molecule has 0 unspecified atom stereocenters. The molecule has 0 aromatic rings. The molecule has 0 radical (unpaired) electrons. The molecule has 108 valence electrons. The van der Waals surface area contributed by atoms with Gasteiger partial charge in [0.2, 0.25) is 0 Å². The lowest BCUT2D eigenvalue weighted by molar-refractivity contribution is 0.300. The molecule has 19 heavy (non-hydrogen) atoms. The summed E-state index contributed by atoms with van der Waals surface area (Å²) in [4.78, 5) is 8.89. The van der Waals surface area contributed by atoms with E-state index in [0.29, 0.717) is 0 Å². The second kappa shape index (κ2) is 8.18. The molecule has 0 fully saturated rings. The van der Waals surface area contributed by atoms with E-state index in [-0.39, 0.29) is 5.92 Å².